The second kappa shape index (κ2) is 9.45. The zero-order valence-corrected chi connectivity index (χ0v) is 3.40. The van der Waals surface area contributed by atoms with Gasteiger partial charge in [0, 0.05) is 6.20 Å². The van der Waals surface area contributed by atoms with Crippen LogP contribution >= 0.6 is 12.4 Å². The molecule has 3 heteroatoms. The Labute approximate surface area is 36.7 Å². The van der Waals surface area contributed by atoms with Crippen LogP contribution in [0.15, 0.2) is 12.5 Å². The highest BCUT2D eigenvalue weighted by Gasteiger charge is 1.33. The third-order valence-electron chi connectivity index (χ3n) is 0.0861. The summed E-state index contributed by atoms with van der Waals surface area (Å²) in [6.07, 6.45) is 1.83. The molecule has 0 aromatic heterocycles. The Morgan fingerprint density at radius 2 is 1.80 bits per heavy atom. The lowest BCUT2D eigenvalue weighted by Crippen LogP contribution is -1.71. The minimum atomic E-state index is 0. The number of aliphatic hydroxyl groups excluding tert-OH is 1. The van der Waals surface area contributed by atoms with E-state index < -0.39 is 0 Å². The van der Waals surface area contributed by atoms with Gasteiger partial charge in [0.05, 0.1) is 6.26 Å². The van der Waals surface area contributed by atoms with Gasteiger partial charge in [0.1, 0.15) is 0 Å². The highest BCUT2D eigenvalue weighted by Crippen LogP contribution is 1.38. The molecule has 2 nitrogen and oxygen atoms in total. The maximum absolute atomic E-state index is 7.57. The van der Waals surface area contributed by atoms with E-state index in [0.717, 1.165) is 12.5 Å². The monoisotopic (exact) mass is 95.0 g/mol. The van der Waals surface area contributed by atoms with E-state index in [9.17, 15) is 0 Å². The molecule has 32 valence electrons. The average molecular weight is 95.5 g/mol. The van der Waals surface area contributed by atoms with Crippen LogP contribution in [0.5, 0.6) is 0 Å². The predicted molar refractivity (Wildman–Crippen MR) is 23.2 cm³/mol. The molecule has 0 saturated carbocycles. The molecular weight excluding hydrogens is 89.5 g/mol. The van der Waals surface area contributed by atoms with Crippen LogP contribution < -0.4 is 5.73 Å². The molecule has 3 N–H and O–H groups in total. The molecule has 0 radical (unpaired) electrons. The number of hydrogen-bond donors (Lipinski definition) is 2. The third-order valence-corrected chi connectivity index (χ3v) is 0.0861. The summed E-state index contributed by atoms with van der Waals surface area (Å²) >= 11 is 0. The first kappa shape index (κ1) is 8.82. The topological polar surface area (TPSA) is 46.2 Å². The molecule has 0 fully saturated rings. The highest BCUT2D eigenvalue weighted by atomic mass is 35.5. The molecule has 0 heterocycles. The van der Waals surface area contributed by atoms with Gasteiger partial charge < -0.3 is 10.8 Å². The highest BCUT2D eigenvalue weighted by molar-refractivity contribution is 5.85. The first-order chi connectivity index (χ1) is 1.91. The summed E-state index contributed by atoms with van der Waals surface area (Å²) in [5, 5.41) is 7.57. The molecule has 0 spiro atoms. The van der Waals surface area contributed by atoms with Gasteiger partial charge in [-0.25, -0.2) is 0 Å². The Kier molecular flexibility index (Phi) is 16.7. The lowest BCUT2D eigenvalue weighted by atomic mass is 11.0. The minimum absolute atomic E-state index is 0. The van der Waals surface area contributed by atoms with Crippen molar-refractivity contribution in [1.29, 1.82) is 0 Å². The average Bonchev–Trinajstić information content (AvgIpc) is 1.37. The van der Waals surface area contributed by atoms with Crippen LogP contribution in [0.4, 0.5) is 0 Å². The molecule has 0 aliphatic carbocycles. The van der Waals surface area contributed by atoms with E-state index in [1.165, 1.54) is 0 Å². The summed E-state index contributed by atoms with van der Waals surface area (Å²) in [5.41, 5.74) is 4.60. The van der Waals surface area contributed by atoms with Crippen molar-refractivity contribution in [2.24, 2.45) is 5.73 Å². The van der Waals surface area contributed by atoms with Crippen molar-refractivity contribution in [1.82, 2.24) is 0 Å². The molecule has 0 bridgehead atoms. The maximum Gasteiger partial charge on any atom is 0.0946 e. The van der Waals surface area contributed by atoms with Crippen LogP contribution in [0.1, 0.15) is 0 Å². The van der Waals surface area contributed by atoms with Crippen molar-refractivity contribution >= 4 is 12.4 Å². The van der Waals surface area contributed by atoms with Crippen LogP contribution in [0, 0.1) is 0 Å². The maximum atomic E-state index is 7.57. The predicted octanol–water partition coefficient (Wildman–Crippen LogP) is 0.396. The Hall–Kier alpha value is -0.370. The zero-order chi connectivity index (χ0) is 3.41. The van der Waals surface area contributed by atoms with E-state index in [4.69, 9.17) is 5.11 Å². The van der Waals surface area contributed by atoms with Gasteiger partial charge in [-0.1, -0.05) is 0 Å². The van der Waals surface area contributed by atoms with Gasteiger partial charge in [-0.15, -0.1) is 12.4 Å². The molecule has 0 aliphatic rings. The number of hydrogen-bond acceptors (Lipinski definition) is 2. The van der Waals surface area contributed by atoms with Crippen LogP contribution in [-0.2, 0) is 0 Å². The van der Waals surface area contributed by atoms with Crippen molar-refractivity contribution in [3.8, 4) is 0 Å². The van der Waals surface area contributed by atoms with E-state index in [-0.39, 0.29) is 12.4 Å². The van der Waals surface area contributed by atoms with E-state index in [0.29, 0.717) is 0 Å². The first-order valence-electron chi connectivity index (χ1n) is 0.925. The standard InChI is InChI=1S/C2H5NO.ClH/c3-1-2-4;/h1-2,4H,3H2;1H. The fourth-order valence-electron chi connectivity index (χ4n) is 0. The van der Waals surface area contributed by atoms with E-state index in [1.54, 1.807) is 0 Å². The van der Waals surface area contributed by atoms with Crippen LogP contribution in [0.2, 0.25) is 0 Å². The molecular formula is C2H6ClNO. The largest absolute Gasteiger partial charge is 0.514 e. The lowest BCUT2D eigenvalue weighted by molar-refractivity contribution is 0.472. The zero-order valence-electron chi connectivity index (χ0n) is 2.59. The Balaban J connectivity index is 0. The number of aliphatic hydroxyl groups is 1. The summed E-state index contributed by atoms with van der Waals surface area (Å²) in [6, 6.07) is 0. The van der Waals surface area contributed by atoms with Crippen LogP contribution in [0.3, 0.4) is 0 Å². The van der Waals surface area contributed by atoms with Crippen molar-refractivity contribution in [3.63, 3.8) is 0 Å². The minimum Gasteiger partial charge on any atom is -0.514 e. The van der Waals surface area contributed by atoms with Gasteiger partial charge in [-0.3, -0.25) is 0 Å². The van der Waals surface area contributed by atoms with E-state index in [1.807, 2.05) is 0 Å². The first-order valence-corrected chi connectivity index (χ1v) is 0.925. The molecule has 0 saturated heterocycles. The molecule has 0 atom stereocenters. The number of rotatable bonds is 0. The lowest BCUT2D eigenvalue weighted by Gasteiger charge is -1.56. The van der Waals surface area contributed by atoms with E-state index in [2.05, 4.69) is 5.73 Å². The molecule has 5 heavy (non-hydrogen) atoms. The van der Waals surface area contributed by atoms with Crippen LogP contribution in [0.25, 0.3) is 0 Å². The number of halogens is 1. The smallest absolute Gasteiger partial charge is 0.0946 e. The SMILES string of the molecule is Cl.NC=CO. The quantitative estimate of drug-likeness (QED) is 0.428. The third kappa shape index (κ3) is 24.3. The summed E-state index contributed by atoms with van der Waals surface area (Å²) < 4.78 is 0. The molecule has 0 aliphatic heterocycles. The van der Waals surface area contributed by atoms with Gasteiger partial charge in [-0.2, -0.15) is 0 Å². The molecule has 0 aromatic carbocycles. The van der Waals surface area contributed by atoms with E-state index >= 15 is 0 Å². The molecule has 0 aromatic rings. The van der Waals surface area contributed by atoms with Crippen LogP contribution in [-0.4, -0.2) is 5.11 Å². The van der Waals surface area contributed by atoms with Gasteiger partial charge in [0.25, 0.3) is 0 Å². The normalized spacial score (nSPS) is 7.20. The van der Waals surface area contributed by atoms with Gasteiger partial charge in [-0.05, 0) is 0 Å². The van der Waals surface area contributed by atoms with Gasteiger partial charge in [0.15, 0.2) is 0 Å². The van der Waals surface area contributed by atoms with Crippen molar-refractivity contribution < 1.29 is 5.11 Å². The molecule has 0 unspecified atom stereocenters. The van der Waals surface area contributed by atoms with Crippen molar-refractivity contribution in [2.45, 2.75) is 0 Å². The van der Waals surface area contributed by atoms with Gasteiger partial charge in [0.2, 0.25) is 0 Å². The summed E-state index contributed by atoms with van der Waals surface area (Å²) in [6.45, 7) is 0. The second-order valence-corrected chi connectivity index (χ2v) is 0.342. The van der Waals surface area contributed by atoms with Crippen molar-refractivity contribution in [2.75, 3.05) is 0 Å². The molecule has 0 rings (SSSR count). The number of nitrogens with two attached hydrogens (primary N) is 1. The Morgan fingerprint density at radius 3 is 1.80 bits per heavy atom. The van der Waals surface area contributed by atoms with Crippen molar-refractivity contribution in [3.05, 3.63) is 12.5 Å². The fourth-order valence-corrected chi connectivity index (χ4v) is 0. The Bertz CT molecular complexity index is 24.8. The summed E-state index contributed by atoms with van der Waals surface area (Å²) in [5.74, 6) is 0. The molecule has 0 amide bonds. The van der Waals surface area contributed by atoms with Gasteiger partial charge >= 0.3 is 0 Å². The Morgan fingerprint density at radius 1 is 1.60 bits per heavy atom. The second-order valence-electron chi connectivity index (χ2n) is 0.342. The summed E-state index contributed by atoms with van der Waals surface area (Å²) in [4.78, 5) is 0. The fraction of sp³-hybridized carbons (Fsp3) is 0. The summed E-state index contributed by atoms with van der Waals surface area (Å²) in [7, 11) is 0.